The predicted octanol–water partition coefficient (Wildman–Crippen LogP) is 4.20. The van der Waals surface area contributed by atoms with Crippen LogP contribution in [-0.2, 0) is 16.1 Å². The molecule has 1 aromatic rings. The van der Waals surface area contributed by atoms with E-state index in [0.717, 1.165) is 24.3 Å². The largest absolute Gasteiger partial charge is 0.465 e. The first-order valence-corrected chi connectivity index (χ1v) is 7.68. The molecule has 0 bridgehead atoms. The maximum absolute atomic E-state index is 11.4. The molecule has 2 rings (SSSR count). The van der Waals surface area contributed by atoms with Crippen LogP contribution < -0.4 is 0 Å². The van der Waals surface area contributed by atoms with Gasteiger partial charge >= 0.3 is 5.97 Å². The van der Waals surface area contributed by atoms with Crippen molar-refractivity contribution in [3.63, 3.8) is 0 Å². The monoisotopic (exact) mass is 290 g/mol. The highest BCUT2D eigenvalue weighted by molar-refractivity contribution is 5.89. The van der Waals surface area contributed by atoms with Crippen molar-refractivity contribution in [2.24, 2.45) is 11.3 Å². The second-order valence-electron chi connectivity index (χ2n) is 7.03. The van der Waals surface area contributed by atoms with Gasteiger partial charge in [-0.2, -0.15) is 0 Å². The van der Waals surface area contributed by atoms with E-state index in [1.165, 1.54) is 13.5 Å². The molecule has 0 radical (unpaired) electrons. The molecule has 2 atom stereocenters. The fraction of sp³-hybridized carbons (Fsp3) is 0.611. The summed E-state index contributed by atoms with van der Waals surface area (Å²) in [7, 11) is 1.39. The normalized spacial score (nSPS) is 24.6. The highest BCUT2D eigenvalue weighted by Crippen LogP contribution is 2.39. The van der Waals surface area contributed by atoms with E-state index in [-0.39, 0.29) is 5.97 Å². The third-order valence-corrected chi connectivity index (χ3v) is 4.21. The molecule has 3 nitrogen and oxygen atoms in total. The van der Waals surface area contributed by atoms with Crippen LogP contribution in [0, 0.1) is 11.3 Å². The van der Waals surface area contributed by atoms with E-state index < -0.39 is 0 Å². The molecule has 1 aromatic carbocycles. The molecule has 0 aliphatic heterocycles. The van der Waals surface area contributed by atoms with Gasteiger partial charge in [-0.3, -0.25) is 0 Å². The van der Waals surface area contributed by atoms with Crippen LogP contribution in [0.1, 0.15) is 56.0 Å². The van der Waals surface area contributed by atoms with Crippen LogP contribution in [0.5, 0.6) is 0 Å². The number of methoxy groups -OCH3 is 1. The zero-order chi connectivity index (χ0) is 15.5. The number of hydrogen-bond acceptors (Lipinski definition) is 3. The fourth-order valence-electron chi connectivity index (χ4n) is 3.45. The summed E-state index contributed by atoms with van der Waals surface area (Å²) in [5.41, 5.74) is 2.05. The molecule has 0 spiro atoms. The molecule has 1 saturated carbocycles. The molecule has 1 fully saturated rings. The molecule has 1 aliphatic carbocycles. The number of carbonyl (C=O) groups excluding carboxylic acids is 1. The highest BCUT2D eigenvalue weighted by Gasteiger charge is 2.32. The lowest BCUT2D eigenvalue weighted by molar-refractivity contribution is -0.0316. The van der Waals surface area contributed by atoms with Gasteiger partial charge in [0.15, 0.2) is 0 Å². The van der Waals surface area contributed by atoms with Crippen molar-refractivity contribution in [3.05, 3.63) is 35.4 Å². The van der Waals surface area contributed by atoms with Crippen molar-refractivity contribution < 1.29 is 14.3 Å². The minimum absolute atomic E-state index is 0.301. The third kappa shape index (κ3) is 4.57. The van der Waals surface area contributed by atoms with Gasteiger partial charge in [-0.25, -0.2) is 4.79 Å². The van der Waals surface area contributed by atoms with Crippen LogP contribution in [-0.4, -0.2) is 19.2 Å². The van der Waals surface area contributed by atoms with Crippen molar-refractivity contribution in [1.82, 2.24) is 0 Å². The second kappa shape index (κ2) is 6.61. The van der Waals surface area contributed by atoms with E-state index >= 15 is 0 Å². The Bertz CT molecular complexity index is 476. The van der Waals surface area contributed by atoms with E-state index in [2.05, 4.69) is 20.8 Å². The molecular weight excluding hydrogens is 264 g/mol. The Morgan fingerprint density at radius 3 is 2.48 bits per heavy atom. The molecule has 3 heteroatoms. The van der Waals surface area contributed by atoms with Gasteiger partial charge in [-0.05, 0) is 48.3 Å². The first-order chi connectivity index (χ1) is 9.89. The van der Waals surface area contributed by atoms with Crippen molar-refractivity contribution in [1.29, 1.82) is 0 Å². The van der Waals surface area contributed by atoms with Gasteiger partial charge in [-0.1, -0.05) is 32.9 Å². The summed E-state index contributed by atoms with van der Waals surface area (Å²) in [6.45, 7) is 7.56. The topological polar surface area (TPSA) is 35.5 Å². The molecule has 0 N–H and O–H groups in total. The number of ether oxygens (including phenoxy) is 2. The Hall–Kier alpha value is -1.35. The second-order valence-corrected chi connectivity index (χ2v) is 7.03. The maximum Gasteiger partial charge on any atom is 0.337 e. The summed E-state index contributed by atoms with van der Waals surface area (Å²) in [5, 5.41) is 0. The van der Waals surface area contributed by atoms with Crippen molar-refractivity contribution in [3.8, 4) is 0 Å². The van der Waals surface area contributed by atoms with Gasteiger partial charge in [0.25, 0.3) is 0 Å². The van der Waals surface area contributed by atoms with Crippen LogP contribution in [0.15, 0.2) is 24.3 Å². The summed E-state index contributed by atoms with van der Waals surface area (Å²) < 4.78 is 10.8. The Labute approximate surface area is 127 Å². The van der Waals surface area contributed by atoms with Gasteiger partial charge in [0, 0.05) is 0 Å². The molecule has 0 aromatic heterocycles. The van der Waals surface area contributed by atoms with Gasteiger partial charge in [0.1, 0.15) is 0 Å². The van der Waals surface area contributed by atoms with Gasteiger partial charge in [0.2, 0.25) is 0 Å². The maximum atomic E-state index is 11.4. The number of hydrogen-bond donors (Lipinski definition) is 0. The molecule has 0 amide bonds. The standard InChI is InChI=1S/C18H26O3/c1-13-9-16(11-18(2,3)10-13)21-12-14-5-7-15(8-6-14)17(19)20-4/h5-8,13,16H,9-12H2,1-4H3. The summed E-state index contributed by atoms with van der Waals surface area (Å²) in [6.07, 6.45) is 3.88. The molecule has 21 heavy (non-hydrogen) atoms. The zero-order valence-corrected chi connectivity index (χ0v) is 13.5. The van der Waals surface area contributed by atoms with Crippen molar-refractivity contribution >= 4 is 5.97 Å². The predicted molar refractivity (Wildman–Crippen MR) is 83.2 cm³/mol. The summed E-state index contributed by atoms with van der Waals surface area (Å²) >= 11 is 0. The molecule has 2 unspecified atom stereocenters. The Kier molecular flexibility index (Phi) is 5.04. The highest BCUT2D eigenvalue weighted by atomic mass is 16.5. The average molecular weight is 290 g/mol. The molecule has 0 heterocycles. The van der Waals surface area contributed by atoms with Crippen LogP contribution in [0.3, 0.4) is 0 Å². The number of benzene rings is 1. The van der Waals surface area contributed by atoms with Crippen molar-refractivity contribution in [2.75, 3.05) is 7.11 Å². The van der Waals surface area contributed by atoms with Crippen LogP contribution in [0.2, 0.25) is 0 Å². The average Bonchev–Trinajstić information content (AvgIpc) is 2.43. The quantitative estimate of drug-likeness (QED) is 0.779. The van der Waals surface area contributed by atoms with Gasteiger partial charge in [0.05, 0.1) is 25.4 Å². The first-order valence-electron chi connectivity index (χ1n) is 7.68. The number of esters is 1. The lowest BCUT2D eigenvalue weighted by Crippen LogP contribution is -2.32. The van der Waals surface area contributed by atoms with E-state index in [4.69, 9.17) is 9.47 Å². The molecule has 0 saturated heterocycles. The molecular formula is C18H26O3. The zero-order valence-electron chi connectivity index (χ0n) is 13.5. The molecule has 116 valence electrons. The summed E-state index contributed by atoms with van der Waals surface area (Å²) in [4.78, 5) is 11.4. The first kappa shape index (κ1) is 16.0. The van der Waals surface area contributed by atoms with Crippen molar-refractivity contribution in [2.45, 2.75) is 52.7 Å². The lowest BCUT2D eigenvalue weighted by Gasteiger charge is -2.38. The van der Waals surface area contributed by atoms with E-state index in [1.54, 1.807) is 12.1 Å². The Balaban J connectivity index is 1.89. The smallest absolute Gasteiger partial charge is 0.337 e. The van der Waals surface area contributed by atoms with Crippen LogP contribution in [0.4, 0.5) is 0 Å². The summed E-state index contributed by atoms with van der Waals surface area (Å²) in [6, 6.07) is 7.45. The number of rotatable bonds is 4. The number of carbonyl (C=O) groups is 1. The minimum atomic E-state index is -0.301. The van der Waals surface area contributed by atoms with Crippen LogP contribution in [0.25, 0.3) is 0 Å². The lowest BCUT2D eigenvalue weighted by atomic mass is 9.71. The Morgan fingerprint density at radius 1 is 1.24 bits per heavy atom. The van der Waals surface area contributed by atoms with Crippen LogP contribution >= 0.6 is 0 Å². The fourth-order valence-corrected chi connectivity index (χ4v) is 3.45. The molecule has 1 aliphatic rings. The van der Waals surface area contributed by atoms with Gasteiger partial charge in [-0.15, -0.1) is 0 Å². The Morgan fingerprint density at radius 2 is 1.90 bits per heavy atom. The minimum Gasteiger partial charge on any atom is -0.465 e. The van der Waals surface area contributed by atoms with Gasteiger partial charge < -0.3 is 9.47 Å². The third-order valence-electron chi connectivity index (χ3n) is 4.21. The van der Waals surface area contributed by atoms with E-state index in [1.807, 2.05) is 12.1 Å². The SMILES string of the molecule is COC(=O)c1ccc(COC2CC(C)CC(C)(C)C2)cc1. The van der Waals surface area contributed by atoms with E-state index in [9.17, 15) is 4.79 Å². The summed E-state index contributed by atoms with van der Waals surface area (Å²) in [5.74, 6) is 0.422. The van der Waals surface area contributed by atoms with E-state index in [0.29, 0.717) is 23.7 Å².